The number of carboxylic acid groups (broad SMARTS) is 1. The summed E-state index contributed by atoms with van der Waals surface area (Å²) in [6, 6.07) is 3.57. The molecule has 1 aromatic heterocycles. The molecule has 0 aliphatic heterocycles. The zero-order valence-electron chi connectivity index (χ0n) is 11.1. The molecule has 0 unspecified atom stereocenters. The number of fused-ring (bicyclic) bond motifs is 1. The second-order valence-corrected chi connectivity index (χ2v) is 4.75. The predicted octanol–water partition coefficient (Wildman–Crippen LogP) is 3.52. The molecule has 0 spiro atoms. The molecule has 0 saturated heterocycles. The van der Waals surface area contributed by atoms with Gasteiger partial charge in [0.2, 0.25) is 0 Å². The van der Waals surface area contributed by atoms with E-state index >= 15 is 0 Å². The Morgan fingerprint density at radius 3 is 2.55 bits per heavy atom. The van der Waals surface area contributed by atoms with Crippen molar-refractivity contribution in [3.05, 3.63) is 35.0 Å². The number of aromatic nitrogens is 1. The van der Waals surface area contributed by atoms with Crippen molar-refractivity contribution in [1.29, 1.82) is 0 Å². The Morgan fingerprint density at radius 1 is 1.35 bits per heavy atom. The molecule has 0 amide bonds. The first kappa shape index (κ1) is 14.4. The molecule has 1 aromatic carbocycles. The summed E-state index contributed by atoms with van der Waals surface area (Å²) in [6.07, 6.45) is -4.28. The summed E-state index contributed by atoms with van der Waals surface area (Å²) in [5, 5.41) is 9.21. The van der Waals surface area contributed by atoms with E-state index in [1.54, 1.807) is 18.5 Å². The lowest BCUT2D eigenvalue weighted by atomic mass is 10.0. The smallest absolute Gasteiger partial charge is 0.416 e. The lowest BCUT2D eigenvalue weighted by Crippen LogP contribution is -2.04. The second kappa shape index (κ2) is 4.85. The van der Waals surface area contributed by atoms with E-state index in [1.165, 1.54) is 6.07 Å². The molecule has 0 atom stereocenters. The summed E-state index contributed by atoms with van der Waals surface area (Å²) >= 11 is 0. The van der Waals surface area contributed by atoms with Gasteiger partial charge in [-0.1, -0.05) is 0 Å². The molecule has 1 heterocycles. The summed E-state index contributed by atoms with van der Waals surface area (Å²) in [7, 11) is 1.76. The van der Waals surface area contributed by atoms with Crippen LogP contribution in [0.25, 0.3) is 10.9 Å². The van der Waals surface area contributed by atoms with Gasteiger partial charge in [-0.25, -0.2) is 0 Å². The lowest BCUT2D eigenvalue weighted by Gasteiger charge is -2.07. The van der Waals surface area contributed by atoms with Gasteiger partial charge < -0.3 is 9.67 Å². The van der Waals surface area contributed by atoms with Gasteiger partial charge in [-0.3, -0.25) is 4.79 Å². The van der Waals surface area contributed by atoms with Gasteiger partial charge in [0.1, 0.15) is 0 Å². The Labute approximate surface area is 113 Å². The number of aryl methyl sites for hydroxylation is 2. The lowest BCUT2D eigenvalue weighted by molar-refractivity contribution is -0.138. The first-order valence-electron chi connectivity index (χ1n) is 6.08. The number of rotatable bonds is 3. The van der Waals surface area contributed by atoms with Crippen molar-refractivity contribution in [1.82, 2.24) is 4.57 Å². The highest BCUT2D eigenvalue weighted by atomic mass is 19.4. The molecule has 0 saturated carbocycles. The summed E-state index contributed by atoms with van der Waals surface area (Å²) in [5.41, 5.74) is 1.42. The van der Waals surface area contributed by atoms with Crippen LogP contribution in [0, 0.1) is 6.92 Å². The van der Waals surface area contributed by atoms with Gasteiger partial charge in [0.25, 0.3) is 0 Å². The van der Waals surface area contributed by atoms with Crippen LogP contribution >= 0.6 is 0 Å². The molecule has 6 heteroatoms. The molecular formula is C14H14F3NO2. The van der Waals surface area contributed by atoms with E-state index in [0.29, 0.717) is 16.5 Å². The van der Waals surface area contributed by atoms with Crippen LogP contribution in [-0.2, 0) is 24.4 Å². The van der Waals surface area contributed by atoms with Crippen LogP contribution < -0.4 is 0 Å². The third-order valence-corrected chi connectivity index (χ3v) is 3.54. The van der Waals surface area contributed by atoms with Crippen molar-refractivity contribution in [2.45, 2.75) is 25.9 Å². The minimum absolute atomic E-state index is 0.101. The summed E-state index contributed by atoms with van der Waals surface area (Å²) in [4.78, 5) is 10.7. The van der Waals surface area contributed by atoms with Crippen LogP contribution in [0.2, 0.25) is 0 Å². The van der Waals surface area contributed by atoms with E-state index in [2.05, 4.69) is 0 Å². The van der Waals surface area contributed by atoms with E-state index in [0.717, 1.165) is 17.8 Å². The number of halogens is 3. The monoisotopic (exact) mass is 285 g/mol. The van der Waals surface area contributed by atoms with Gasteiger partial charge in [-0.15, -0.1) is 0 Å². The molecule has 20 heavy (non-hydrogen) atoms. The van der Waals surface area contributed by atoms with Gasteiger partial charge in [0, 0.05) is 30.1 Å². The van der Waals surface area contributed by atoms with Gasteiger partial charge >= 0.3 is 12.1 Å². The molecular weight excluding hydrogens is 271 g/mol. The number of benzene rings is 1. The van der Waals surface area contributed by atoms with E-state index < -0.39 is 17.7 Å². The highest BCUT2D eigenvalue weighted by Crippen LogP contribution is 2.34. The molecule has 0 bridgehead atoms. The van der Waals surface area contributed by atoms with Crippen molar-refractivity contribution >= 4 is 16.9 Å². The fourth-order valence-electron chi connectivity index (χ4n) is 2.37. The van der Waals surface area contributed by atoms with Crippen LogP contribution in [0.3, 0.4) is 0 Å². The molecule has 1 N–H and O–H groups in total. The number of aliphatic carboxylic acids is 1. The first-order chi connectivity index (χ1) is 9.21. The summed E-state index contributed by atoms with van der Waals surface area (Å²) < 4.78 is 40.1. The molecule has 0 aliphatic rings. The number of nitrogens with zero attached hydrogens (tertiary/aromatic N) is 1. The molecule has 108 valence electrons. The zero-order valence-corrected chi connectivity index (χ0v) is 11.1. The topological polar surface area (TPSA) is 42.2 Å². The molecule has 0 fully saturated rings. The zero-order chi connectivity index (χ0) is 15.1. The van der Waals surface area contributed by atoms with E-state index in [-0.39, 0.29) is 12.8 Å². The average Bonchev–Trinajstić information content (AvgIpc) is 2.58. The highest BCUT2D eigenvalue weighted by molar-refractivity contribution is 5.86. The van der Waals surface area contributed by atoms with E-state index in [9.17, 15) is 18.0 Å². The van der Waals surface area contributed by atoms with Gasteiger partial charge in [-0.2, -0.15) is 13.2 Å². The molecule has 2 rings (SSSR count). The predicted molar refractivity (Wildman–Crippen MR) is 68.6 cm³/mol. The maximum Gasteiger partial charge on any atom is 0.416 e. The fraction of sp³-hybridized carbons (Fsp3) is 0.357. The normalized spacial score (nSPS) is 12.1. The second-order valence-electron chi connectivity index (χ2n) is 4.75. The Morgan fingerprint density at radius 2 is 2.00 bits per heavy atom. The number of carboxylic acids is 1. The Balaban J connectivity index is 2.60. The average molecular weight is 285 g/mol. The SMILES string of the molecule is Cc1c(CCC(=O)O)c2cc(C(F)(F)F)ccc2n1C. The van der Waals surface area contributed by atoms with Crippen LogP contribution in [0.5, 0.6) is 0 Å². The van der Waals surface area contributed by atoms with Gasteiger partial charge in [0.05, 0.1) is 5.56 Å². The van der Waals surface area contributed by atoms with Crippen LogP contribution in [0.15, 0.2) is 18.2 Å². The summed E-state index contributed by atoms with van der Waals surface area (Å²) in [6.45, 7) is 1.78. The highest BCUT2D eigenvalue weighted by Gasteiger charge is 2.31. The molecule has 2 aromatic rings. The van der Waals surface area contributed by atoms with Crippen molar-refractivity contribution in [2.24, 2.45) is 7.05 Å². The fourth-order valence-corrected chi connectivity index (χ4v) is 2.37. The maximum atomic E-state index is 12.8. The minimum atomic E-state index is -4.40. The molecule has 0 aliphatic carbocycles. The summed E-state index contributed by atoms with van der Waals surface area (Å²) in [5.74, 6) is -0.964. The number of hydrogen-bond donors (Lipinski definition) is 1. The van der Waals surface area contributed by atoms with E-state index in [1.807, 2.05) is 0 Å². The van der Waals surface area contributed by atoms with Crippen molar-refractivity contribution < 1.29 is 23.1 Å². The Bertz CT molecular complexity index is 671. The van der Waals surface area contributed by atoms with Gasteiger partial charge in [0.15, 0.2) is 0 Å². The van der Waals surface area contributed by atoms with Crippen LogP contribution in [-0.4, -0.2) is 15.6 Å². The molecule has 3 nitrogen and oxygen atoms in total. The largest absolute Gasteiger partial charge is 0.481 e. The third-order valence-electron chi connectivity index (χ3n) is 3.54. The Hall–Kier alpha value is -1.98. The maximum absolute atomic E-state index is 12.8. The quantitative estimate of drug-likeness (QED) is 0.937. The van der Waals surface area contributed by atoms with Crippen molar-refractivity contribution in [3.63, 3.8) is 0 Å². The number of alkyl halides is 3. The van der Waals surface area contributed by atoms with E-state index in [4.69, 9.17) is 5.11 Å². The Kier molecular flexibility index (Phi) is 3.50. The molecule has 0 radical (unpaired) electrons. The number of hydrogen-bond acceptors (Lipinski definition) is 1. The standard InChI is InChI=1S/C14H14F3NO2/c1-8-10(4-6-13(19)20)11-7-9(14(15,16)17)3-5-12(11)18(8)2/h3,5,7H,4,6H2,1-2H3,(H,19,20). The van der Waals surface area contributed by atoms with Crippen molar-refractivity contribution in [3.8, 4) is 0 Å². The van der Waals surface area contributed by atoms with Gasteiger partial charge in [-0.05, 0) is 37.1 Å². The first-order valence-corrected chi connectivity index (χ1v) is 6.08. The minimum Gasteiger partial charge on any atom is -0.481 e. The third kappa shape index (κ3) is 2.50. The van der Waals surface area contributed by atoms with Crippen molar-refractivity contribution in [2.75, 3.05) is 0 Å². The van der Waals surface area contributed by atoms with Crippen LogP contribution in [0.4, 0.5) is 13.2 Å². The van der Waals surface area contributed by atoms with Crippen LogP contribution in [0.1, 0.15) is 23.2 Å². The number of carbonyl (C=O) groups is 1.